The van der Waals surface area contributed by atoms with E-state index < -0.39 is 0 Å². The number of carbonyl (C=O) groups is 2. The van der Waals surface area contributed by atoms with Crippen molar-refractivity contribution in [1.82, 2.24) is 14.8 Å². The van der Waals surface area contributed by atoms with Crippen molar-refractivity contribution in [3.8, 4) is 0 Å². The van der Waals surface area contributed by atoms with Gasteiger partial charge in [-0.05, 0) is 12.3 Å². The number of aromatic nitrogens is 1. The fourth-order valence-electron chi connectivity index (χ4n) is 3.61. The Morgan fingerprint density at radius 2 is 1.80 bits per heavy atom. The molecule has 2 amide bonds. The topological polar surface area (TPSA) is 79.5 Å². The van der Waals surface area contributed by atoms with Crippen molar-refractivity contribution in [3.05, 3.63) is 16.1 Å². The molecule has 140 valence electrons. The maximum absolute atomic E-state index is 12.4. The van der Waals surface area contributed by atoms with Gasteiger partial charge in [0.1, 0.15) is 10.7 Å². The second kappa shape index (κ2) is 9.50. The SMILES string of the molecule is Cl.NCc1nc(C(=O)N2CCN(C(=O)CCC3CCCC3)CC2)cs1. The fraction of sp³-hybridized carbons (Fsp3) is 0.706. The van der Waals surface area contributed by atoms with Gasteiger partial charge >= 0.3 is 0 Å². The molecule has 0 radical (unpaired) electrons. The van der Waals surface area contributed by atoms with E-state index in [1.165, 1.54) is 37.0 Å². The predicted octanol–water partition coefficient (Wildman–Crippen LogP) is 2.28. The highest BCUT2D eigenvalue weighted by molar-refractivity contribution is 7.09. The molecule has 1 saturated carbocycles. The average molecular weight is 387 g/mol. The molecular formula is C17H27ClN4O2S. The van der Waals surface area contributed by atoms with Crippen molar-refractivity contribution >= 4 is 35.6 Å². The summed E-state index contributed by atoms with van der Waals surface area (Å²) in [6, 6.07) is 0. The number of piperazine rings is 1. The van der Waals surface area contributed by atoms with Crippen molar-refractivity contribution in [3.63, 3.8) is 0 Å². The van der Waals surface area contributed by atoms with Crippen LogP contribution < -0.4 is 5.73 Å². The fourth-order valence-corrected chi connectivity index (χ4v) is 4.26. The first-order chi connectivity index (χ1) is 11.7. The summed E-state index contributed by atoms with van der Waals surface area (Å²) >= 11 is 1.42. The van der Waals surface area contributed by atoms with Gasteiger partial charge in [0.05, 0.1) is 0 Å². The summed E-state index contributed by atoms with van der Waals surface area (Å²) in [6.45, 7) is 2.79. The Kier molecular flexibility index (Phi) is 7.65. The van der Waals surface area contributed by atoms with Crippen LogP contribution in [-0.2, 0) is 11.3 Å². The highest BCUT2D eigenvalue weighted by Crippen LogP contribution is 2.28. The van der Waals surface area contributed by atoms with Crippen LogP contribution in [0, 0.1) is 5.92 Å². The molecule has 1 aromatic rings. The number of hydrogen-bond donors (Lipinski definition) is 1. The molecular weight excluding hydrogens is 360 g/mol. The van der Waals surface area contributed by atoms with Crippen LogP contribution in [0.4, 0.5) is 0 Å². The van der Waals surface area contributed by atoms with Gasteiger partial charge in [0.25, 0.3) is 5.91 Å². The summed E-state index contributed by atoms with van der Waals surface area (Å²) in [4.78, 5) is 32.7. The van der Waals surface area contributed by atoms with Gasteiger partial charge in [0, 0.05) is 44.5 Å². The minimum absolute atomic E-state index is 0. The third-order valence-electron chi connectivity index (χ3n) is 5.11. The summed E-state index contributed by atoms with van der Waals surface area (Å²) in [5.74, 6) is 0.940. The minimum Gasteiger partial charge on any atom is -0.339 e. The maximum atomic E-state index is 12.4. The van der Waals surface area contributed by atoms with Crippen LogP contribution in [0.25, 0.3) is 0 Å². The summed E-state index contributed by atoms with van der Waals surface area (Å²) in [7, 11) is 0. The zero-order chi connectivity index (χ0) is 16.9. The monoisotopic (exact) mass is 386 g/mol. The van der Waals surface area contributed by atoms with E-state index in [1.54, 1.807) is 10.3 Å². The second-order valence-electron chi connectivity index (χ2n) is 6.69. The average Bonchev–Trinajstić information content (AvgIpc) is 3.30. The Morgan fingerprint density at radius 3 is 2.40 bits per heavy atom. The molecule has 1 aliphatic carbocycles. The molecule has 2 heterocycles. The van der Waals surface area contributed by atoms with Gasteiger partial charge in [0.15, 0.2) is 0 Å². The first kappa shape index (κ1) is 20.1. The van der Waals surface area contributed by atoms with Crippen LogP contribution >= 0.6 is 23.7 Å². The molecule has 1 aromatic heterocycles. The van der Waals surface area contributed by atoms with Crippen LogP contribution in [-0.4, -0.2) is 52.8 Å². The zero-order valence-corrected chi connectivity index (χ0v) is 16.1. The maximum Gasteiger partial charge on any atom is 0.273 e. The van der Waals surface area contributed by atoms with Crippen LogP contribution in [0.1, 0.15) is 54.0 Å². The molecule has 0 aromatic carbocycles. The lowest BCUT2D eigenvalue weighted by Gasteiger charge is -2.34. The molecule has 2 aliphatic rings. The first-order valence-electron chi connectivity index (χ1n) is 8.89. The van der Waals surface area contributed by atoms with E-state index in [0.717, 1.165) is 17.3 Å². The third-order valence-corrected chi connectivity index (χ3v) is 5.98. The molecule has 25 heavy (non-hydrogen) atoms. The van der Waals surface area contributed by atoms with Crippen LogP contribution in [0.15, 0.2) is 5.38 Å². The lowest BCUT2D eigenvalue weighted by Crippen LogP contribution is -2.50. The van der Waals surface area contributed by atoms with E-state index in [1.807, 2.05) is 4.90 Å². The normalized spacial score (nSPS) is 18.3. The number of nitrogens with zero attached hydrogens (tertiary/aromatic N) is 3. The number of thiazole rings is 1. The molecule has 0 bridgehead atoms. The molecule has 6 nitrogen and oxygen atoms in total. The van der Waals surface area contributed by atoms with Crippen molar-refractivity contribution in [1.29, 1.82) is 0 Å². The standard InChI is InChI=1S/C17H26N4O2S.ClH/c18-11-15-19-14(12-24-15)17(23)21-9-7-20(8-10-21)16(22)6-5-13-3-1-2-4-13;/h12-13H,1-11,18H2;1H. The number of carbonyl (C=O) groups excluding carboxylic acids is 2. The summed E-state index contributed by atoms with van der Waals surface area (Å²) in [5.41, 5.74) is 6.02. The lowest BCUT2D eigenvalue weighted by molar-refractivity contribution is -0.133. The van der Waals surface area contributed by atoms with Gasteiger partial charge in [-0.2, -0.15) is 0 Å². The molecule has 2 N–H and O–H groups in total. The van der Waals surface area contributed by atoms with Crippen LogP contribution in [0.5, 0.6) is 0 Å². The molecule has 2 fully saturated rings. The lowest BCUT2D eigenvalue weighted by atomic mass is 10.0. The highest BCUT2D eigenvalue weighted by Gasteiger charge is 2.26. The van der Waals surface area contributed by atoms with Crippen molar-refractivity contribution in [2.75, 3.05) is 26.2 Å². The van der Waals surface area contributed by atoms with Crippen LogP contribution in [0.3, 0.4) is 0 Å². The predicted molar refractivity (Wildman–Crippen MR) is 101 cm³/mol. The van der Waals surface area contributed by atoms with E-state index in [0.29, 0.717) is 44.8 Å². The van der Waals surface area contributed by atoms with Gasteiger partial charge in [-0.3, -0.25) is 9.59 Å². The smallest absolute Gasteiger partial charge is 0.273 e. The first-order valence-corrected chi connectivity index (χ1v) is 9.77. The van der Waals surface area contributed by atoms with Gasteiger partial charge in [0.2, 0.25) is 5.91 Å². The Bertz CT molecular complexity index is 581. The van der Waals surface area contributed by atoms with Gasteiger partial charge in [-0.15, -0.1) is 23.7 Å². The minimum atomic E-state index is -0.0518. The van der Waals surface area contributed by atoms with Gasteiger partial charge < -0.3 is 15.5 Å². The van der Waals surface area contributed by atoms with Gasteiger partial charge in [-0.1, -0.05) is 25.7 Å². The quantitative estimate of drug-likeness (QED) is 0.841. The van der Waals surface area contributed by atoms with Crippen molar-refractivity contribution in [2.45, 2.75) is 45.1 Å². The second-order valence-corrected chi connectivity index (χ2v) is 7.64. The van der Waals surface area contributed by atoms with E-state index in [-0.39, 0.29) is 24.2 Å². The summed E-state index contributed by atoms with van der Waals surface area (Å²) in [6.07, 6.45) is 6.90. The number of amides is 2. The summed E-state index contributed by atoms with van der Waals surface area (Å²) < 4.78 is 0. The molecule has 1 saturated heterocycles. The Labute approximate surface area is 159 Å². The number of hydrogen-bond acceptors (Lipinski definition) is 5. The number of nitrogens with two attached hydrogens (primary N) is 1. The molecule has 3 rings (SSSR count). The molecule has 0 atom stereocenters. The zero-order valence-electron chi connectivity index (χ0n) is 14.5. The molecule has 0 spiro atoms. The van der Waals surface area contributed by atoms with Gasteiger partial charge in [-0.25, -0.2) is 4.98 Å². The Morgan fingerprint density at radius 1 is 1.16 bits per heavy atom. The molecule has 1 aliphatic heterocycles. The summed E-state index contributed by atoms with van der Waals surface area (Å²) in [5, 5.41) is 2.54. The Hall–Kier alpha value is -1.18. The largest absolute Gasteiger partial charge is 0.339 e. The highest BCUT2D eigenvalue weighted by atomic mass is 35.5. The third kappa shape index (κ3) is 5.15. The van der Waals surface area contributed by atoms with Crippen molar-refractivity contribution < 1.29 is 9.59 Å². The Balaban J connectivity index is 0.00000225. The van der Waals surface area contributed by atoms with E-state index in [2.05, 4.69) is 4.98 Å². The molecule has 0 unspecified atom stereocenters. The van der Waals surface area contributed by atoms with E-state index in [4.69, 9.17) is 5.73 Å². The van der Waals surface area contributed by atoms with E-state index >= 15 is 0 Å². The number of rotatable bonds is 5. The van der Waals surface area contributed by atoms with E-state index in [9.17, 15) is 9.59 Å². The van der Waals surface area contributed by atoms with Crippen molar-refractivity contribution in [2.24, 2.45) is 11.7 Å². The molecule has 8 heteroatoms. The number of halogens is 1. The van der Waals surface area contributed by atoms with Crippen LogP contribution in [0.2, 0.25) is 0 Å².